The lowest BCUT2D eigenvalue weighted by molar-refractivity contribution is 0.161. The summed E-state index contributed by atoms with van der Waals surface area (Å²) in [6, 6.07) is 12.3. The number of rotatable bonds is 8. The molecule has 0 amide bonds. The Morgan fingerprint density at radius 2 is 1.81 bits per heavy atom. The summed E-state index contributed by atoms with van der Waals surface area (Å²) in [6.07, 6.45) is 4.05. The first-order valence-electron chi connectivity index (χ1n) is 10.8. The highest BCUT2D eigenvalue weighted by atomic mass is 32.1. The molecule has 0 unspecified atom stereocenters. The van der Waals surface area contributed by atoms with Crippen molar-refractivity contribution in [2.24, 2.45) is 0 Å². The van der Waals surface area contributed by atoms with Crippen molar-refractivity contribution >= 4 is 23.0 Å². The van der Waals surface area contributed by atoms with Crippen LogP contribution in [0.25, 0.3) is 0 Å². The molecule has 0 saturated carbocycles. The standard InChI is InChI=1S/C24H31F2N3OS/c1-18-5-7-19(8-6-18)27-24(31)28(2)20-11-14-29(15-12-20)13-3-4-16-30-21-9-10-22(25)23(26)17-21/h5-10,17,20H,3-4,11-16H2,1-2H3,(H,27,31). The van der Waals surface area contributed by atoms with Crippen LogP contribution in [0.4, 0.5) is 14.5 Å². The predicted octanol–water partition coefficient (Wildman–Crippen LogP) is 5.23. The van der Waals surface area contributed by atoms with Crippen molar-refractivity contribution in [3.63, 3.8) is 0 Å². The van der Waals surface area contributed by atoms with Gasteiger partial charge in [0.15, 0.2) is 16.7 Å². The molecule has 0 atom stereocenters. The highest BCUT2D eigenvalue weighted by Crippen LogP contribution is 2.19. The number of benzene rings is 2. The van der Waals surface area contributed by atoms with Gasteiger partial charge in [0.05, 0.1) is 6.61 Å². The molecular weight excluding hydrogens is 416 g/mol. The van der Waals surface area contributed by atoms with Gasteiger partial charge in [0.25, 0.3) is 0 Å². The molecular formula is C24H31F2N3OS. The third-order valence-corrected chi connectivity index (χ3v) is 6.15. The highest BCUT2D eigenvalue weighted by molar-refractivity contribution is 7.80. The zero-order valence-corrected chi connectivity index (χ0v) is 19.1. The number of aryl methyl sites for hydroxylation is 1. The van der Waals surface area contributed by atoms with Gasteiger partial charge in [-0.05, 0) is 75.6 Å². The number of unbranched alkanes of at least 4 members (excludes halogenated alkanes) is 1. The maximum Gasteiger partial charge on any atom is 0.173 e. The van der Waals surface area contributed by atoms with Gasteiger partial charge in [-0.25, -0.2) is 8.78 Å². The zero-order valence-electron chi connectivity index (χ0n) is 18.2. The molecule has 1 fully saturated rings. The summed E-state index contributed by atoms with van der Waals surface area (Å²) < 4.78 is 31.6. The molecule has 0 aromatic heterocycles. The van der Waals surface area contributed by atoms with Crippen molar-refractivity contribution < 1.29 is 13.5 Å². The van der Waals surface area contributed by atoms with Crippen LogP contribution in [0, 0.1) is 18.6 Å². The molecule has 7 heteroatoms. The molecule has 2 aromatic carbocycles. The van der Waals surface area contributed by atoms with Gasteiger partial charge < -0.3 is 19.9 Å². The molecule has 0 bridgehead atoms. The monoisotopic (exact) mass is 447 g/mol. The summed E-state index contributed by atoms with van der Waals surface area (Å²) in [5.41, 5.74) is 2.25. The molecule has 1 aliphatic rings. The average molecular weight is 448 g/mol. The summed E-state index contributed by atoms with van der Waals surface area (Å²) in [5.74, 6) is -1.36. The summed E-state index contributed by atoms with van der Waals surface area (Å²) in [5, 5.41) is 4.09. The van der Waals surface area contributed by atoms with E-state index in [4.69, 9.17) is 17.0 Å². The predicted molar refractivity (Wildman–Crippen MR) is 126 cm³/mol. The number of ether oxygens (including phenoxy) is 1. The summed E-state index contributed by atoms with van der Waals surface area (Å²) in [4.78, 5) is 4.65. The number of thiocarbonyl (C=S) groups is 1. The van der Waals surface area contributed by atoms with E-state index in [0.29, 0.717) is 18.4 Å². The lowest BCUT2D eigenvalue weighted by Crippen LogP contribution is -2.47. The molecule has 31 heavy (non-hydrogen) atoms. The van der Waals surface area contributed by atoms with Crippen molar-refractivity contribution in [2.75, 3.05) is 38.6 Å². The van der Waals surface area contributed by atoms with Crippen molar-refractivity contribution in [1.29, 1.82) is 0 Å². The molecule has 1 saturated heterocycles. The molecule has 1 heterocycles. The zero-order chi connectivity index (χ0) is 22.2. The van der Waals surface area contributed by atoms with Crippen LogP contribution in [0.1, 0.15) is 31.2 Å². The van der Waals surface area contributed by atoms with E-state index in [2.05, 4.69) is 41.2 Å². The van der Waals surface area contributed by atoms with E-state index in [0.717, 1.165) is 68.3 Å². The lowest BCUT2D eigenvalue weighted by atomic mass is 10.0. The lowest BCUT2D eigenvalue weighted by Gasteiger charge is -2.38. The van der Waals surface area contributed by atoms with Crippen molar-refractivity contribution in [3.8, 4) is 5.75 Å². The van der Waals surface area contributed by atoms with E-state index in [-0.39, 0.29) is 0 Å². The normalized spacial score (nSPS) is 15.0. The van der Waals surface area contributed by atoms with E-state index >= 15 is 0 Å². The Kier molecular flexibility index (Phi) is 8.60. The van der Waals surface area contributed by atoms with Crippen molar-refractivity contribution in [2.45, 2.75) is 38.6 Å². The van der Waals surface area contributed by atoms with Gasteiger partial charge in [-0.1, -0.05) is 17.7 Å². The van der Waals surface area contributed by atoms with E-state index in [1.807, 2.05) is 12.1 Å². The van der Waals surface area contributed by atoms with Gasteiger partial charge in [0.1, 0.15) is 5.75 Å². The SMILES string of the molecule is Cc1ccc(NC(=S)N(C)C2CCN(CCCCOc3ccc(F)c(F)c3)CC2)cc1. The van der Waals surface area contributed by atoms with E-state index in [1.165, 1.54) is 11.6 Å². The first-order valence-corrected chi connectivity index (χ1v) is 11.2. The Hall–Kier alpha value is -2.25. The number of piperidine rings is 1. The van der Waals surface area contributed by atoms with Crippen LogP contribution in [0.3, 0.4) is 0 Å². The second kappa shape index (κ2) is 11.4. The van der Waals surface area contributed by atoms with E-state index < -0.39 is 11.6 Å². The number of nitrogens with zero attached hydrogens (tertiary/aromatic N) is 2. The fraction of sp³-hybridized carbons (Fsp3) is 0.458. The van der Waals surface area contributed by atoms with Crippen LogP contribution in [0.15, 0.2) is 42.5 Å². The summed E-state index contributed by atoms with van der Waals surface area (Å²) in [7, 11) is 2.07. The molecule has 2 aromatic rings. The molecule has 168 valence electrons. The van der Waals surface area contributed by atoms with Crippen LogP contribution >= 0.6 is 12.2 Å². The second-order valence-electron chi connectivity index (χ2n) is 8.11. The molecule has 1 N–H and O–H groups in total. The Labute approximate surface area is 189 Å². The van der Waals surface area contributed by atoms with Gasteiger partial charge in [-0.15, -0.1) is 0 Å². The Balaban J connectivity index is 1.31. The van der Waals surface area contributed by atoms with Gasteiger partial charge in [-0.2, -0.15) is 0 Å². The van der Waals surface area contributed by atoms with Gasteiger partial charge in [-0.3, -0.25) is 0 Å². The number of anilines is 1. The molecule has 4 nitrogen and oxygen atoms in total. The number of nitrogens with one attached hydrogen (secondary N) is 1. The minimum Gasteiger partial charge on any atom is -0.493 e. The topological polar surface area (TPSA) is 27.7 Å². The fourth-order valence-electron chi connectivity index (χ4n) is 3.74. The van der Waals surface area contributed by atoms with Crippen LogP contribution in [-0.4, -0.2) is 54.2 Å². The Morgan fingerprint density at radius 1 is 1.10 bits per heavy atom. The van der Waals surface area contributed by atoms with Crippen molar-refractivity contribution in [3.05, 3.63) is 59.7 Å². The molecule has 1 aliphatic heterocycles. The van der Waals surface area contributed by atoms with Gasteiger partial charge in [0, 0.05) is 37.9 Å². The van der Waals surface area contributed by atoms with Crippen LogP contribution in [0.5, 0.6) is 5.75 Å². The largest absolute Gasteiger partial charge is 0.493 e. The Bertz CT molecular complexity index is 854. The molecule has 0 spiro atoms. The third-order valence-electron chi connectivity index (χ3n) is 5.76. The number of hydrogen-bond donors (Lipinski definition) is 1. The molecule has 0 aliphatic carbocycles. The maximum absolute atomic E-state index is 13.2. The summed E-state index contributed by atoms with van der Waals surface area (Å²) in [6.45, 7) is 5.69. The Morgan fingerprint density at radius 3 is 2.48 bits per heavy atom. The van der Waals surface area contributed by atoms with Gasteiger partial charge in [0.2, 0.25) is 0 Å². The number of hydrogen-bond acceptors (Lipinski definition) is 3. The van der Waals surface area contributed by atoms with Crippen LogP contribution in [0.2, 0.25) is 0 Å². The molecule has 0 radical (unpaired) electrons. The first kappa shape index (κ1) is 23.4. The first-order chi connectivity index (χ1) is 14.9. The van der Waals surface area contributed by atoms with E-state index in [1.54, 1.807) is 0 Å². The maximum atomic E-state index is 13.2. The number of likely N-dealkylation sites (tertiary alicyclic amines) is 1. The van der Waals surface area contributed by atoms with Crippen molar-refractivity contribution in [1.82, 2.24) is 9.80 Å². The van der Waals surface area contributed by atoms with Crippen LogP contribution in [-0.2, 0) is 0 Å². The third kappa shape index (κ3) is 7.14. The minimum absolute atomic E-state index is 0.373. The van der Waals surface area contributed by atoms with Crippen LogP contribution < -0.4 is 10.1 Å². The summed E-state index contributed by atoms with van der Waals surface area (Å²) >= 11 is 5.60. The second-order valence-corrected chi connectivity index (χ2v) is 8.50. The number of halogens is 2. The van der Waals surface area contributed by atoms with E-state index in [9.17, 15) is 8.78 Å². The smallest absolute Gasteiger partial charge is 0.173 e. The van der Waals surface area contributed by atoms with Gasteiger partial charge >= 0.3 is 0 Å². The fourth-order valence-corrected chi connectivity index (χ4v) is 4.01. The quantitative estimate of drug-likeness (QED) is 0.442. The minimum atomic E-state index is -0.876. The molecule has 3 rings (SSSR count). The highest BCUT2D eigenvalue weighted by Gasteiger charge is 2.23. The average Bonchev–Trinajstić information content (AvgIpc) is 2.77.